The first-order chi connectivity index (χ1) is 11.9. The Hall–Kier alpha value is -2.16. The summed E-state index contributed by atoms with van der Waals surface area (Å²) in [6.45, 7) is 8.23. The molecule has 0 aliphatic rings. The highest BCUT2D eigenvalue weighted by molar-refractivity contribution is 5.91. The Balaban J connectivity index is 2.01. The molecule has 2 atom stereocenters. The molecular formula is C22H28O3. The molecule has 0 aliphatic carbocycles. The van der Waals surface area contributed by atoms with Gasteiger partial charge in [0, 0.05) is 12.3 Å². The van der Waals surface area contributed by atoms with E-state index in [9.17, 15) is 9.59 Å². The SMILES string of the molecule is CCCCOC(=O)[C@H](C)CC(=O)[C@@H](C)c1ccc2cc(C)ccc2c1. The van der Waals surface area contributed by atoms with Crippen molar-refractivity contribution in [2.24, 2.45) is 5.92 Å². The maximum Gasteiger partial charge on any atom is 0.309 e. The first kappa shape index (κ1) is 19.2. The average molecular weight is 340 g/mol. The number of fused-ring (bicyclic) bond motifs is 1. The minimum Gasteiger partial charge on any atom is -0.465 e. The van der Waals surface area contributed by atoms with E-state index in [-0.39, 0.29) is 24.1 Å². The maximum absolute atomic E-state index is 12.6. The van der Waals surface area contributed by atoms with Gasteiger partial charge in [-0.2, -0.15) is 0 Å². The number of rotatable bonds is 8. The Kier molecular flexibility index (Phi) is 6.74. The fraction of sp³-hybridized carbons (Fsp3) is 0.455. The molecule has 0 aliphatic heterocycles. The van der Waals surface area contributed by atoms with E-state index in [4.69, 9.17) is 4.74 Å². The fourth-order valence-corrected chi connectivity index (χ4v) is 2.86. The van der Waals surface area contributed by atoms with Crippen LogP contribution in [0.4, 0.5) is 0 Å². The monoisotopic (exact) mass is 340 g/mol. The minimum atomic E-state index is -0.394. The van der Waals surface area contributed by atoms with Crippen LogP contribution >= 0.6 is 0 Å². The van der Waals surface area contributed by atoms with Crippen molar-refractivity contribution in [1.29, 1.82) is 0 Å². The number of Topliss-reactive ketones (excluding diaryl/α,β-unsaturated/α-hetero) is 1. The van der Waals surface area contributed by atoms with Crippen LogP contribution in [0.15, 0.2) is 36.4 Å². The van der Waals surface area contributed by atoms with Crippen LogP contribution in [0.3, 0.4) is 0 Å². The molecule has 2 rings (SSSR count). The summed E-state index contributed by atoms with van der Waals surface area (Å²) in [5.74, 6) is -0.819. The second kappa shape index (κ2) is 8.80. The van der Waals surface area contributed by atoms with Gasteiger partial charge in [0.25, 0.3) is 0 Å². The molecule has 3 nitrogen and oxygen atoms in total. The Bertz CT molecular complexity index is 748. The molecule has 0 heterocycles. The summed E-state index contributed by atoms with van der Waals surface area (Å²) >= 11 is 0. The molecule has 0 N–H and O–H groups in total. The molecular weight excluding hydrogens is 312 g/mol. The number of unbranched alkanes of at least 4 members (excludes halogenated alkanes) is 1. The predicted octanol–water partition coefficient (Wildman–Crippen LogP) is 5.19. The van der Waals surface area contributed by atoms with Crippen LogP contribution < -0.4 is 0 Å². The first-order valence-electron chi connectivity index (χ1n) is 9.12. The largest absolute Gasteiger partial charge is 0.465 e. The molecule has 0 saturated heterocycles. The number of carbonyl (C=O) groups excluding carboxylic acids is 2. The van der Waals surface area contributed by atoms with E-state index >= 15 is 0 Å². The molecule has 0 bridgehead atoms. The summed E-state index contributed by atoms with van der Waals surface area (Å²) in [6.07, 6.45) is 2.07. The maximum atomic E-state index is 12.6. The van der Waals surface area contributed by atoms with Crippen LogP contribution in [0.5, 0.6) is 0 Å². The predicted molar refractivity (Wildman–Crippen MR) is 102 cm³/mol. The van der Waals surface area contributed by atoms with Gasteiger partial charge in [0.2, 0.25) is 0 Å². The lowest BCUT2D eigenvalue weighted by atomic mass is 9.90. The Morgan fingerprint density at radius 2 is 1.72 bits per heavy atom. The first-order valence-corrected chi connectivity index (χ1v) is 9.12. The molecule has 2 aromatic rings. The van der Waals surface area contributed by atoms with Gasteiger partial charge in [-0.1, -0.05) is 69.2 Å². The molecule has 0 amide bonds. The number of esters is 1. The summed E-state index contributed by atoms with van der Waals surface area (Å²) in [5, 5.41) is 2.31. The lowest BCUT2D eigenvalue weighted by Crippen LogP contribution is -2.21. The minimum absolute atomic E-state index is 0.0754. The molecule has 0 saturated carbocycles. The third-order valence-electron chi connectivity index (χ3n) is 4.65. The zero-order chi connectivity index (χ0) is 18.4. The summed E-state index contributed by atoms with van der Waals surface area (Å²) < 4.78 is 5.21. The van der Waals surface area contributed by atoms with Crippen molar-refractivity contribution in [1.82, 2.24) is 0 Å². The number of benzene rings is 2. The molecule has 25 heavy (non-hydrogen) atoms. The average Bonchev–Trinajstić information content (AvgIpc) is 2.60. The Morgan fingerprint density at radius 1 is 1.04 bits per heavy atom. The molecule has 2 aromatic carbocycles. The fourth-order valence-electron chi connectivity index (χ4n) is 2.86. The van der Waals surface area contributed by atoms with E-state index in [2.05, 4.69) is 37.3 Å². The van der Waals surface area contributed by atoms with Crippen LogP contribution in [0.2, 0.25) is 0 Å². The van der Waals surface area contributed by atoms with E-state index in [1.165, 1.54) is 10.9 Å². The van der Waals surface area contributed by atoms with E-state index in [0.717, 1.165) is 23.8 Å². The van der Waals surface area contributed by atoms with E-state index in [1.807, 2.05) is 19.9 Å². The number of hydrogen-bond donors (Lipinski definition) is 0. The standard InChI is InChI=1S/C22H28O3/c1-5-6-11-25-22(24)16(3)13-21(23)17(4)18-9-10-19-12-15(2)7-8-20(19)14-18/h7-10,12,14,16-17H,5-6,11,13H2,1-4H3/t16-,17+/m1/s1. The quantitative estimate of drug-likeness (QED) is 0.490. The van der Waals surface area contributed by atoms with Gasteiger partial charge in [-0.3, -0.25) is 9.59 Å². The highest BCUT2D eigenvalue weighted by atomic mass is 16.5. The van der Waals surface area contributed by atoms with Crippen molar-refractivity contribution < 1.29 is 14.3 Å². The molecule has 3 heteroatoms. The van der Waals surface area contributed by atoms with E-state index < -0.39 is 5.92 Å². The number of carbonyl (C=O) groups is 2. The van der Waals surface area contributed by atoms with Gasteiger partial charge in [-0.15, -0.1) is 0 Å². The zero-order valence-corrected chi connectivity index (χ0v) is 15.7. The normalized spacial score (nSPS) is 13.4. The second-order valence-electron chi connectivity index (χ2n) is 6.92. The van der Waals surface area contributed by atoms with Gasteiger partial charge in [0.15, 0.2) is 0 Å². The van der Waals surface area contributed by atoms with Crippen molar-refractivity contribution in [3.63, 3.8) is 0 Å². The molecule has 0 fully saturated rings. The van der Waals surface area contributed by atoms with Gasteiger partial charge in [-0.25, -0.2) is 0 Å². The smallest absolute Gasteiger partial charge is 0.309 e. The molecule has 0 unspecified atom stereocenters. The lowest BCUT2D eigenvalue weighted by molar-refractivity contribution is -0.149. The van der Waals surface area contributed by atoms with Crippen molar-refractivity contribution in [2.75, 3.05) is 6.61 Å². The van der Waals surface area contributed by atoms with Crippen molar-refractivity contribution in [2.45, 2.75) is 52.9 Å². The highest BCUT2D eigenvalue weighted by Gasteiger charge is 2.23. The van der Waals surface area contributed by atoms with E-state index in [1.54, 1.807) is 6.92 Å². The van der Waals surface area contributed by atoms with Gasteiger partial charge in [0.05, 0.1) is 12.5 Å². The number of ketones is 1. The van der Waals surface area contributed by atoms with Crippen LogP contribution in [0.1, 0.15) is 57.1 Å². The summed E-state index contributed by atoms with van der Waals surface area (Å²) in [5.41, 5.74) is 2.22. The number of hydrogen-bond acceptors (Lipinski definition) is 3. The molecule has 0 spiro atoms. The Morgan fingerprint density at radius 3 is 2.44 bits per heavy atom. The van der Waals surface area contributed by atoms with Crippen molar-refractivity contribution in [3.05, 3.63) is 47.5 Å². The summed E-state index contributed by atoms with van der Waals surface area (Å²) in [4.78, 5) is 24.5. The third kappa shape index (κ3) is 5.15. The van der Waals surface area contributed by atoms with Crippen LogP contribution in [0, 0.1) is 12.8 Å². The molecule has 0 radical (unpaired) electrons. The molecule has 134 valence electrons. The number of aryl methyl sites for hydroxylation is 1. The zero-order valence-electron chi connectivity index (χ0n) is 15.7. The van der Waals surface area contributed by atoms with Gasteiger partial charge >= 0.3 is 5.97 Å². The number of ether oxygens (including phenoxy) is 1. The van der Waals surface area contributed by atoms with Crippen molar-refractivity contribution in [3.8, 4) is 0 Å². The second-order valence-corrected chi connectivity index (χ2v) is 6.92. The third-order valence-corrected chi connectivity index (χ3v) is 4.65. The van der Waals surface area contributed by atoms with Crippen LogP contribution in [0.25, 0.3) is 10.8 Å². The van der Waals surface area contributed by atoms with Crippen LogP contribution in [-0.2, 0) is 14.3 Å². The Labute approximate surface area is 150 Å². The summed E-state index contributed by atoms with van der Waals surface area (Å²) in [7, 11) is 0. The van der Waals surface area contributed by atoms with E-state index in [0.29, 0.717) is 6.61 Å². The van der Waals surface area contributed by atoms with Gasteiger partial charge in [0.1, 0.15) is 5.78 Å². The topological polar surface area (TPSA) is 43.4 Å². The van der Waals surface area contributed by atoms with Crippen molar-refractivity contribution >= 4 is 22.5 Å². The molecule has 0 aromatic heterocycles. The van der Waals surface area contributed by atoms with Gasteiger partial charge in [-0.05, 0) is 29.7 Å². The van der Waals surface area contributed by atoms with Gasteiger partial charge < -0.3 is 4.74 Å². The lowest BCUT2D eigenvalue weighted by Gasteiger charge is -2.15. The summed E-state index contributed by atoms with van der Waals surface area (Å²) in [6, 6.07) is 12.4. The van der Waals surface area contributed by atoms with Crippen LogP contribution in [-0.4, -0.2) is 18.4 Å². The highest BCUT2D eigenvalue weighted by Crippen LogP contribution is 2.25.